The quantitative estimate of drug-likeness (QED) is 0.263. The summed E-state index contributed by atoms with van der Waals surface area (Å²) in [5.41, 5.74) is 3.89. The number of aromatic nitrogens is 1. The van der Waals surface area contributed by atoms with E-state index in [-0.39, 0.29) is 5.91 Å². The van der Waals surface area contributed by atoms with E-state index in [4.69, 9.17) is 9.47 Å². The van der Waals surface area contributed by atoms with Crippen molar-refractivity contribution in [3.05, 3.63) is 77.1 Å². The molecule has 3 aromatic rings. The van der Waals surface area contributed by atoms with Crippen molar-refractivity contribution < 1.29 is 19.4 Å². The number of benzene rings is 2. The maximum atomic E-state index is 12.7. The van der Waals surface area contributed by atoms with Crippen LogP contribution in [0.5, 0.6) is 11.5 Å². The summed E-state index contributed by atoms with van der Waals surface area (Å²) < 4.78 is 11.1. The Hall–Kier alpha value is -3.99. The molecule has 0 spiro atoms. The number of anilines is 1. The van der Waals surface area contributed by atoms with Gasteiger partial charge >= 0.3 is 0 Å². The number of aliphatic hydroxyl groups excluding tert-OH is 1. The molecule has 4 rings (SSSR count). The average Bonchev–Trinajstić information content (AvgIpc) is 3.44. The number of fused-ring (bicyclic) bond motifs is 1. The van der Waals surface area contributed by atoms with Crippen LogP contribution >= 0.6 is 0 Å². The van der Waals surface area contributed by atoms with E-state index in [1.165, 1.54) is 0 Å². The zero-order chi connectivity index (χ0) is 24.8. The first-order valence-electron chi connectivity index (χ1n) is 11.4. The Labute approximate surface area is 205 Å². The summed E-state index contributed by atoms with van der Waals surface area (Å²) in [4.78, 5) is 17.9. The predicted octanol–water partition coefficient (Wildman–Crippen LogP) is 3.93. The van der Waals surface area contributed by atoms with Gasteiger partial charge in [0.15, 0.2) is 0 Å². The summed E-state index contributed by atoms with van der Waals surface area (Å²) in [5.74, 6) is 7.15. The molecule has 0 saturated carbocycles. The average molecular weight is 472 g/mol. The first kappa shape index (κ1) is 24.1. The molecule has 0 saturated heterocycles. The Kier molecular flexibility index (Phi) is 7.56. The standard InChI is InChI=1S/C28H29N3O4/c1-31(2)16-5-17-35-21-11-8-19(9-12-21)25(32)13-10-20-6-4-7-23-27(20)22(28(33)30-23)18-24-26(34-3)14-15-29-24/h4,6-9,11-12,14-15,18,25,29,32H,5,16-17H2,1-3H3,(H,30,33)/b22-18-. The van der Waals surface area contributed by atoms with Crippen LogP contribution in [0, 0.1) is 11.8 Å². The van der Waals surface area contributed by atoms with E-state index >= 15 is 0 Å². The lowest BCUT2D eigenvalue weighted by Gasteiger charge is -2.11. The molecule has 1 aromatic heterocycles. The van der Waals surface area contributed by atoms with E-state index in [1.54, 1.807) is 25.4 Å². The number of H-pyrrole nitrogens is 1. The van der Waals surface area contributed by atoms with Crippen molar-refractivity contribution in [2.75, 3.05) is 39.7 Å². The molecular weight excluding hydrogens is 442 g/mol. The molecule has 0 radical (unpaired) electrons. The van der Waals surface area contributed by atoms with Crippen molar-refractivity contribution in [1.29, 1.82) is 0 Å². The molecule has 2 aromatic carbocycles. The Morgan fingerprint density at radius 2 is 1.94 bits per heavy atom. The Morgan fingerprint density at radius 1 is 1.14 bits per heavy atom. The smallest absolute Gasteiger partial charge is 0.256 e. The Bertz CT molecular complexity index is 1280. The number of hydrogen-bond donors (Lipinski definition) is 3. The maximum Gasteiger partial charge on any atom is 0.256 e. The number of ether oxygens (including phenoxy) is 2. The third-order valence-electron chi connectivity index (χ3n) is 5.63. The fourth-order valence-corrected chi connectivity index (χ4v) is 3.84. The van der Waals surface area contributed by atoms with Crippen LogP contribution in [0.25, 0.3) is 11.6 Å². The van der Waals surface area contributed by atoms with E-state index in [0.717, 1.165) is 18.7 Å². The third kappa shape index (κ3) is 5.75. The van der Waals surface area contributed by atoms with Gasteiger partial charge in [-0.25, -0.2) is 0 Å². The number of carbonyl (C=O) groups is 1. The number of nitrogens with zero attached hydrogens (tertiary/aromatic N) is 1. The van der Waals surface area contributed by atoms with Gasteiger partial charge in [-0.05, 0) is 62.5 Å². The van der Waals surface area contributed by atoms with Gasteiger partial charge in [-0.2, -0.15) is 0 Å². The first-order chi connectivity index (χ1) is 17.0. The highest BCUT2D eigenvalue weighted by Gasteiger charge is 2.27. The summed E-state index contributed by atoms with van der Waals surface area (Å²) in [6.07, 6.45) is 3.46. The highest BCUT2D eigenvalue weighted by atomic mass is 16.5. The Morgan fingerprint density at radius 3 is 2.69 bits per heavy atom. The molecule has 0 fully saturated rings. The summed E-state index contributed by atoms with van der Waals surface area (Å²) in [6, 6.07) is 14.6. The fraction of sp³-hybridized carbons (Fsp3) is 0.250. The fourth-order valence-electron chi connectivity index (χ4n) is 3.84. The zero-order valence-electron chi connectivity index (χ0n) is 20.1. The van der Waals surface area contributed by atoms with Crippen LogP contribution in [-0.4, -0.2) is 55.3 Å². The highest BCUT2D eigenvalue weighted by Crippen LogP contribution is 2.36. The number of aromatic amines is 1. The predicted molar refractivity (Wildman–Crippen MR) is 137 cm³/mol. The molecule has 0 bridgehead atoms. The normalized spacial score (nSPS) is 14.3. The molecule has 180 valence electrons. The van der Waals surface area contributed by atoms with Crippen molar-refractivity contribution in [1.82, 2.24) is 9.88 Å². The summed E-state index contributed by atoms with van der Waals surface area (Å²) in [7, 11) is 5.65. The molecular formula is C28H29N3O4. The van der Waals surface area contributed by atoms with Gasteiger partial charge in [-0.15, -0.1) is 0 Å². The van der Waals surface area contributed by atoms with Crippen LogP contribution in [-0.2, 0) is 4.79 Å². The van der Waals surface area contributed by atoms with E-state index < -0.39 is 6.10 Å². The lowest BCUT2D eigenvalue weighted by atomic mass is 9.99. The molecule has 1 amide bonds. The maximum absolute atomic E-state index is 12.7. The molecule has 1 unspecified atom stereocenters. The molecule has 1 aliphatic heterocycles. The van der Waals surface area contributed by atoms with Gasteiger partial charge in [0.1, 0.15) is 17.6 Å². The number of nitrogens with one attached hydrogen (secondary N) is 2. The number of aliphatic hydroxyl groups is 1. The molecule has 1 atom stereocenters. The van der Waals surface area contributed by atoms with Gasteiger partial charge in [-0.1, -0.05) is 30.0 Å². The van der Waals surface area contributed by atoms with Crippen molar-refractivity contribution >= 4 is 23.2 Å². The van der Waals surface area contributed by atoms with Crippen molar-refractivity contribution in [3.63, 3.8) is 0 Å². The van der Waals surface area contributed by atoms with E-state index in [9.17, 15) is 9.90 Å². The monoisotopic (exact) mass is 471 g/mol. The molecule has 3 N–H and O–H groups in total. The largest absolute Gasteiger partial charge is 0.495 e. The first-order valence-corrected chi connectivity index (χ1v) is 11.4. The number of rotatable bonds is 8. The van der Waals surface area contributed by atoms with Crippen LogP contribution in [0.15, 0.2) is 54.7 Å². The molecule has 35 heavy (non-hydrogen) atoms. The molecule has 0 aliphatic carbocycles. The minimum atomic E-state index is -0.977. The van der Waals surface area contributed by atoms with Gasteiger partial charge < -0.3 is 29.8 Å². The second kappa shape index (κ2) is 11.0. The van der Waals surface area contributed by atoms with Gasteiger partial charge in [0.2, 0.25) is 0 Å². The van der Waals surface area contributed by atoms with Crippen molar-refractivity contribution in [3.8, 4) is 23.3 Å². The van der Waals surface area contributed by atoms with Crippen LogP contribution in [0.3, 0.4) is 0 Å². The van der Waals surface area contributed by atoms with Gasteiger partial charge in [-0.3, -0.25) is 4.79 Å². The van der Waals surface area contributed by atoms with Crippen molar-refractivity contribution in [2.45, 2.75) is 12.5 Å². The third-order valence-corrected chi connectivity index (χ3v) is 5.63. The highest BCUT2D eigenvalue weighted by molar-refractivity contribution is 6.35. The van der Waals surface area contributed by atoms with Crippen LogP contribution in [0.2, 0.25) is 0 Å². The van der Waals surface area contributed by atoms with Crippen LogP contribution in [0.4, 0.5) is 5.69 Å². The number of hydrogen-bond acceptors (Lipinski definition) is 5. The minimum Gasteiger partial charge on any atom is -0.495 e. The minimum absolute atomic E-state index is 0.215. The summed E-state index contributed by atoms with van der Waals surface area (Å²) >= 11 is 0. The van der Waals surface area contributed by atoms with Crippen LogP contribution < -0.4 is 14.8 Å². The lowest BCUT2D eigenvalue weighted by molar-refractivity contribution is -0.110. The van der Waals surface area contributed by atoms with E-state index in [1.807, 2.05) is 56.6 Å². The number of methoxy groups -OCH3 is 1. The van der Waals surface area contributed by atoms with E-state index in [2.05, 4.69) is 27.0 Å². The van der Waals surface area contributed by atoms with Gasteiger partial charge in [0, 0.05) is 23.9 Å². The summed E-state index contributed by atoms with van der Waals surface area (Å²) in [6.45, 7) is 1.60. The number of amides is 1. The molecule has 7 nitrogen and oxygen atoms in total. The second-order valence-corrected chi connectivity index (χ2v) is 8.45. The van der Waals surface area contributed by atoms with Gasteiger partial charge in [0.25, 0.3) is 5.91 Å². The topological polar surface area (TPSA) is 86.8 Å². The van der Waals surface area contributed by atoms with Gasteiger partial charge in [0.05, 0.1) is 30.7 Å². The van der Waals surface area contributed by atoms with E-state index in [0.29, 0.717) is 46.0 Å². The molecule has 7 heteroatoms. The SMILES string of the molecule is COc1cc[nH]c1/C=C1\C(=O)Nc2cccc(C#CC(O)c3ccc(OCCCN(C)C)cc3)c21. The lowest BCUT2D eigenvalue weighted by Crippen LogP contribution is -2.15. The number of carbonyl (C=O) groups excluding carboxylic acids is 1. The second-order valence-electron chi connectivity index (χ2n) is 8.45. The Balaban J connectivity index is 1.52. The molecule has 1 aliphatic rings. The van der Waals surface area contributed by atoms with Crippen LogP contribution in [0.1, 0.15) is 34.9 Å². The summed E-state index contributed by atoms with van der Waals surface area (Å²) in [5, 5.41) is 13.5. The molecule has 2 heterocycles. The van der Waals surface area contributed by atoms with Crippen molar-refractivity contribution in [2.24, 2.45) is 0 Å². The zero-order valence-corrected chi connectivity index (χ0v) is 20.1.